The highest BCUT2D eigenvalue weighted by Crippen LogP contribution is 2.65. The van der Waals surface area contributed by atoms with Gasteiger partial charge < -0.3 is 9.32 Å². The van der Waals surface area contributed by atoms with E-state index in [9.17, 15) is 0 Å². The van der Waals surface area contributed by atoms with E-state index in [0.29, 0.717) is 0 Å². The van der Waals surface area contributed by atoms with E-state index >= 15 is 0 Å². The van der Waals surface area contributed by atoms with Crippen LogP contribution in [0.25, 0.3) is 88.3 Å². The Morgan fingerprint density at radius 3 is 1.55 bits per heavy atom. The van der Waals surface area contributed by atoms with Gasteiger partial charge in [0.25, 0.3) is 0 Å². The van der Waals surface area contributed by atoms with Crippen molar-refractivity contribution in [1.29, 1.82) is 0 Å². The highest BCUT2D eigenvalue weighted by atomic mass is 16.3. The highest BCUT2D eigenvalue weighted by Gasteiger charge is 2.52. The van der Waals surface area contributed by atoms with Gasteiger partial charge in [-0.3, -0.25) is 0 Å². The minimum Gasteiger partial charge on any atom is -0.455 e. The van der Waals surface area contributed by atoms with Crippen LogP contribution in [0.1, 0.15) is 22.3 Å². The molecule has 0 saturated carbocycles. The van der Waals surface area contributed by atoms with Crippen LogP contribution in [0.15, 0.2) is 253 Å². The first-order chi connectivity index (χ1) is 33.3. The van der Waals surface area contributed by atoms with Crippen molar-refractivity contribution in [2.75, 3.05) is 4.90 Å². The zero-order chi connectivity index (χ0) is 44.1. The summed E-state index contributed by atoms with van der Waals surface area (Å²) in [4.78, 5) is 2.53. The summed E-state index contributed by atoms with van der Waals surface area (Å²) in [6, 6.07) is 91.2. The van der Waals surface area contributed by atoms with Gasteiger partial charge in [-0.2, -0.15) is 0 Å². The smallest absolute Gasteiger partial charge is 0.143 e. The minimum absolute atomic E-state index is 0.490. The SMILES string of the molecule is c1ccc(-c2cccc(-c3cc4c(oc5cccc(N(c6ccccc6-c6ccccc6)c6cccc7c6-c6ccccc6C76c7ccccc7-c7ccccc76)c54)c4ccccc34)c2)cc1. The predicted molar refractivity (Wildman–Crippen MR) is 279 cm³/mol. The molecule has 312 valence electrons. The molecule has 0 amide bonds. The third kappa shape index (κ3) is 5.39. The van der Waals surface area contributed by atoms with E-state index in [0.717, 1.165) is 66.5 Å². The molecule has 1 heterocycles. The summed E-state index contributed by atoms with van der Waals surface area (Å²) in [5, 5.41) is 4.40. The molecule has 1 aromatic heterocycles. The average molecular weight is 852 g/mol. The molecule has 11 aromatic carbocycles. The second-order valence-corrected chi connectivity index (χ2v) is 17.9. The van der Waals surface area contributed by atoms with Gasteiger partial charge in [-0.15, -0.1) is 0 Å². The first-order valence-electron chi connectivity index (χ1n) is 23.2. The van der Waals surface area contributed by atoms with E-state index in [1.54, 1.807) is 0 Å². The van der Waals surface area contributed by atoms with Gasteiger partial charge in [0.15, 0.2) is 0 Å². The largest absolute Gasteiger partial charge is 0.455 e. The molecule has 2 nitrogen and oxygen atoms in total. The molecule has 12 aromatic rings. The third-order valence-electron chi connectivity index (χ3n) is 14.5. The van der Waals surface area contributed by atoms with E-state index in [1.807, 2.05) is 0 Å². The fourth-order valence-corrected chi connectivity index (χ4v) is 11.8. The van der Waals surface area contributed by atoms with Crippen molar-refractivity contribution in [2.24, 2.45) is 0 Å². The summed E-state index contributed by atoms with van der Waals surface area (Å²) in [7, 11) is 0. The maximum atomic E-state index is 7.10. The maximum absolute atomic E-state index is 7.10. The molecule has 0 radical (unpaired) electrons. The quantitative estimate of drug-likeness (QED) is 0.166. The third-order valence-corrected chi connectivity index (χ3v) is 14.5. The molecular formula is C65H41NO. The molecule has 0 aliphatic heterocycles. The van der Waals surface area contributed by atoms with Gasteiger partial charge in [0, 0.05) is 21.9 Å². The van der Waals surface area contributed by atoms with E-state index in [-0.39, 0.29) is 0 Å². The van der Waals surface area contributed by atoms with Gasteiger partial charge in [-0.05, 0) is 109 Å². The molecule has 2 heteroatoms. The van der Waals surface area contributed by atoms with Crippen LogP contribution in [-0.2, 0) is 5.41 Å². The van der Waals surface area contributed by atoms with Crippen LogP contribution in [0, 0.1) is 0 Å². The Bertz CT molecular complexity index is 3890. The van der Waals surface area contributed by atoms with Crippen LogP contribution in [0.4, 0.5) is 17.1 Å². The minimum atomic E-state index is -0.490. The standard InChI is InChI=1S/C65H41NO/c1-3-20-42(21-4-1)44-24-17-25-45(40-44)52-41-53-63-60(38-19-39-61(63)67-64(53)50-30-8-7-27-47(50)52)66(58-36-16-12-26-46(58)43-22-5-2-6-23-43)59-37-18-35-57-62(59)51-31-11-15-34-56(51)65(57)54-32-13-9-28-48(54)49-29-10-14-33-55(49)65/h1-41H. The Balaban J connectivity index is 1.09. The molecule has 0 bridgehead atoms. The summed E-state index contributed by atoms with van der Waals surface area (Å²) in [6.07, 6.45) is 0. The lowest BCUT2D eigenvalue weighted by Gasteiger charge is -2.32. The molecule has 2 aliphatic rings. The molecule has 2 aliphatic carbocycles. The molecular weight excluding hydrogens is 811 g/mol. The van der Waals surface area contributed by atoms with Gasteiger partial charge in [0.1, 0.15) is 11.2 Å². The Kier molecular flexibility index (Phi) is 8.23. The lowest BCUT2D eigenvalue weighted by atomic mass is 9.70. The number of para-hydroxylation sites is 1. The molecule has 0 atom stereocenters. The highest BCUT2D eigenvalue weighted by molar-refractivity contribution is 6.23. The predicted octanol–water partition coefficient (Wildman–Crippen LogP) is 17.6. The zero-order valence-electron chi connectivity index (χ0n) is 36.5. The van der Waals surface area contributed by atoms with E-state index in [2.05, 4.69) is 254 Å². The molecule has 0 fully saturated rings. The lowest BCUT2D eigenvalue weighted by molar-refractivity contribution is 0.672. The Morgan fingerprint density at radius 1 is 0.299 bits per heavy atom. The lowest BCUT2D eigenvalue weighted by Crippen LogP contribution is -2.26. The van der Waals surface area contributed by atoms with Crippen LogP contribution < -0.4 is 4.90 Å². The Morgan fingerprint density at radius 2 is 0.806 bits per heavy atom. The summed E-state index contributed by atoms with van der Waals surface area (Å²) >= 11 is 0. The van der Waals surface area contributed by atoms with Gasteiger partial charge >= 0.3 is 0 Å². The summed E-state index contributed by atoms with van der Waals surface area (Å²) < 4.78 is 7.10. The fourth-order valence-electron chi connectivity index (χ4n) is 11.8. The zero-order valence-corrected chi connectivity index (χ0v) is 36.5. The topological polar surface area (TPSA) is 16.4 Å². The van der Waals surface area contributed by atoms with E-state index in [4.69, 9.17) is 4.42 Å². The number of nitrogens with zero attached hydrogens (tertiary/aromatic N) is 1. The van der Waals surface area contributed by atoms with Crippen LogP contribution in [-0.4, -0.2) is 0 Å². The second kappa shape index (κ2) is 14.7. The summed E-state index contributed by atoms with van der Waals surface area (Å²) in [5.74, 6) is 0. The monoisotopic (exact) mass is 851 g/mol. The maximum Gasteiger partial charge on any atom is 0.143 e. The molecule has 67 heavy (non-hydrogen) atoms. The van der Waals surface area contributed by atoms with Crippen LogP contribution in [0.3, 0.4) is 0 Å². The molecule has 1 spiro atoms. The number of anilines is 3. The first-order valence-corrected chi connectivity index (χ1v) is 23.2. The Hall–Kier alpha value is -8.72. The van der Waals surface area contributed by atoms with Crippen molar-refractivity contribution in [3.63, 3.8) is 0 Å². The fraction of sp³-hybridized carbons (Fsp3) is 0.0154. The van der Waals surface area contributed by atoms with Crippen LogP contribution >= 0.6 is 0 Å². The second-order valence-electron chi connectivity index (χ2n) is 17.9. The van der Waals surface area contributed by atoms with Gasteiger partial charge in [0.2, 0.25) is 0 Å². The van der Waals surface area contributed by atoms with E-state index in [1.165, 1.54) is 61.2 Å². The summed E-state index contributed by atoms with van der Waals surface area (Å²) in [5.41, 5.74) is 21.9. The van der Waals surface area contributed by atoms with Gasteiger partial charge in [-0.25, -0.2) is 0 Å². The van der Waals surface area contributed by atoms with Crippen molar-refractivity contribution in [2.45, 2.75) is 5.41 Å². The molecule has 0 unspecified atom stereocenters. The van der Waals surface area contributed by atoms with Crippen molar-refractivity contribution in [3.05, 3.63) is 271 Å². The van der Waals surface area contributed by atoms with Gasteiger partial charge in [-0.1, -0.05) is 212 Å². The van der Waals surface area contributed by atoms with Crippen molar-refractivity contribution in [3.8, 4) is 55.6 Å². The van der Waals surface area contributed by atoms with Gasteiger partial charge in [0.05, 0.1) is 27.9 Å². The number of furan rings is 1. The molecule has 0 saturated heterocycles. The van der Waals surface area contributed by atoms with Crippen molar-refractivity contribution in [1.82, 2.24) is 0 Å². The number of rotatable bonds is 6. The summed E-state index contributed by atoms with van der Waals surface area (Å²) in [6.45, 7) is 0. The first kappa shape index (κ1) is 37.6. The average Bonchev–Trinajstić information content (AvgIpc) is 4.04. The van der Waals surface area contributed by atoms with Crippen LogP contribution in [0.2, 0.25) is 0 Å². The van der Waals surface area contributed by atoms with Crippen molar-refractivity contribution >= 4 is 49.8 Å². The molecule has 14 rings (SSSR count). The number of fused-ring (bicyclic) bond motifs is 15. The van der Waals surface area contributed by atoms with E-state index < -0.39 is 5.41 Å². The Labute approximate surface area is 389 Å². The number of benzene rings is 11. The number of hydrogen-bond donors (Lipinski definition) is 0. The number of hydrogen-bond acceptors (Lipinski definition) is 2. The molecule has 0 N–H and O–H groups in total. The van der Waals surface area contributed by atoms with Crippen molar-refractivity contribution < 1.29 is 4.42 Å². The van der Waals surface area contributed by atoms with Crippen LogP contribution in [0.5, 0.6) is 0 Å². The normalized spacial score (nSPS) is 12.9.